The van der Waals surface area contributed by atoms with Crippen LogP contribution in [-0.2, 0) is 14.4 Å². The first kappa shape index (κ1) is 9.89. The Kier molecular flexibility index (Phi) is 3.17. The molecule has 0 bridgehead atoms. The summed E-state index contributed by atoms with van der Waals surface area (Å²) < 4.78 is 0. The molecule has 0 radical (unpaired) electrons. The number of imide groups is 1. The van der Waals surface area contributed by atoms with Gasteiger partial charge in [0.2, 0.25) is 11.8 Å². The average molecular weight is 183 g/mol. The molecule has 0 aliphatic heterocycles. The minimum atomic E-state index is -0.368. The maximum absolute atomic E-state index is 11.3. The predicted octanol–water partition coefficient (Wildman–Crippen LogP) is 0.503. The van der Waals surface area contributed by atoms with Crippen molar-refractivity contribution in [1.82, 2.24) is 4.90 Å². The zero-order valence-corrected chi connectivity index (χ0v) is 7.66. The monoisotopic (exact) mass is 183 g/mol. The number of hydrogen-bond donors (Lipinski definition) is 0. The molecule has 0 aromatic heterocycles. The van der Waals surface area contributed by atoms with Crippen LogP contribution in [-0.4, -0.2) is 29.0 Å². The first-order valence-corrected chi connectivity index (χ1v) is 4.43. The topological polar surface area (TPSA) is 54.5 Å². The van der Waals surface area contributed by atoms with Crippen molar-refractivity contribution in [3.63, 3.8) is 0 Å². The van der Waals surface area contributed by atoms with E-state index in [9.17, 15) is 14.4 Å². The van der Waals surface area contributed by atoms with Crippen LogP contribution in [0.4, 0.5) is 0 Å². The molecular formula is C9H13NO3. The molecule has 4 heteroatoms. The molecule has 1 fully saturated rings. The van der Waals surface area contributed by atoms with Gasteiger partial charge in [-0.2, -0.15) is 0 Å². The summed E-state index contributed by atoms with van der Waals surface area (Å²) in [5.74, 6) is -0.622. The van der Waals surface area contributed by atoms with Gasteiger partial charge in [0.15, 0.2) is 0 Å². The molecule has 4 nitrogen and oxygen atoms in total. The Morgan fingerprint density at radius 2 is 2.08 bits per heavy atom. The van der Waals surface area contributed by atoms with Crippen LogP contribution in [0.3, 0.4) is 0 Å². The van der Waals surface area contributed by atoms with Crippen LogP contribution >= 0.6 is 0 Å². The second-order valence-corrected chi connectivity index (χ2v) is 3.24. The first-order chi connectivity index (χ1) is 6.16. The highest BCUT2D eigenvalue weighted by molar-refractivity contribution is 5.99. The van der Waals surface area contributed by atoms with Gasteiger partial charge in [0.1, 0.15) is 6.29 Å². The van der Waals surface area contributed by atoms with Gasteiger partial charge >= 0.3 is 0 Å². The Morgan fingerprint density at radius 3 is 2.38 bits per heavy atom. The Bertz CT molecular complexity index is 233. The van der Waals surface area contributed by atoms with E-state index in [2.05, 4.69) is 0 Å². The molecule has 0 heterocycles. The first-order valence-electron chi connectivity index (χ1n) is 4.43. The van der Waals surface area contributed by atoms with Gasteiger partial charge in [0.25, 0.3) is 0 Å². The Balaban J connectivity index is 2.60. The molecule has 2 amide bonds. The SMILES string of the molecule is CC(=O)N(C(=O)CC=O)C1CCC1. The third kappa shape index (κ3) is 2.14. The molecule has 1 aliphatic carbocycles. The summed E-state index contributed by atoms with van der Waals surface area (Å²) in [6.45, 7) is 1.36. The molecule has 0 aromatic carbocycles. The van der Waals surface area contributed by atoms with Gasteiger partial charge < -0.3 is 4.79 Å². The third-order valence-corrected chi connectivity index (χ3v) is 2.31. The highest BCUT2D eigenvalue weighted by Gasteiger charge is 2.30. The number of amides is 2. The van der Waals surface area contributed by atoms with E-state index in [1.54, 1.807) is 0 Å². The number of carbonyl (C=O) groups is 3. The molecule has 0 spiro atoms. The van der Waals surface area contributed by atoms with Crippen molar-refractivity contribution in [1.29, 1.82) is 0 Å². The van der Waals surface area contributed by atoms with Gasteiger partial charge in [-0.25, -0.2) is 0 Å². The summed E-state index contributed by atoms with van der Waals surface area (Å²) in [5.41, 5.74) is 0. The van der Waals surface area contributed by atoms with Crippen molar-refractivity contribution >= 4 is 18.1 Å². The van der Waals surface area contributed by atoms with E-state index in [1.807, 2.05) is 0 Å². The zero-order valence-electron chi connectivity index (χ0n) is 7.66. The van der Waals surface area contributed by atoms with Crippen molar-refractivity contribution in [2.24, 2.45) is 0 Å². The van der Waals surface area contributed by atoms with E-state index in [4.69, 9.17) is 0 Å². The second kappa shape index (κ2) is 4.16. The molecule has 1 saturated carbocycles. The summed E-state index contributed by atoms with van der Waals surface area (Å²) in [5, 5.41) is 0. The summed E-state index contributed by atoms with van der Waals surface area (Å²) in [6, 6.07) is 0.0462. The largest absolute Gasteiger partial charge is 0.303 e. The lowest BCUT2D eigenvalue weighted by atomic mass is 9.91. The molecule has 13 heavy (non-hydrogen) atoms. The lowest BCUT2D eigenvalue weighted by Crippen LogP contribution is -2.46. The van der Waals surface area contributed by atoms with Crippen LogP contribution in [0.15, 0.2) is 0 Å². The number of rotatable bonds is 3. The maximum Gasteiger partial charge on any atom is 0.236 e. The summed E-state index contributed by atoms with van der Waals surface area (Å²) in [7, 11) is 0. The van der Waals surface area contributed by atoms with Crippen molar-refractivity contribution in [3.8, 4) is 0 Å². The van der Waals surface area contributed by atoms with Crippen LogP contribution in [0.2, 0.25) is 0 Å². The van der Waals surface area contributed by atoms with E-state index >= 15 is 0 Å². The Labute approximate surface area is 76.9 Å². The number of nitrogens with zero attached hydrogens (tertiary/aromatic N) is 1. The molecule has 0 unspecified atom stereocenters. The van der Waals surface area contributed by atoms with Crippen LogP contribution < -0.4 is 0 Å². The molecule has 72 valence electrons. The fourth-order valence-electron chi connectivity index (χ4n) is 1.45. The molecule has 0 aromatic rings. The van der Waals surface area contributed by atoms with Gasteiger partial charge in [-0.05, 0) is 19.3 Å². The van der Waals surface area contributed by atoms with E-state index in [0.29, 0.717) is 6.29 Å². The van der Waals surface area contributed by atoms with Crippen LogP contribution in [0.1, 0.15) is 32.6 Å². The lowest BCUT2D eigenvalue weighted by Gasteiger charge is -2.35. The van der Waals surface area contributed by atoms with Gasteiger partial charge in [-0.15, -0.1) is 0 Å². The van der Waals surface area contributed by atoms with E-state index < -0.39 is 0 Å². The van der Waals surface area contributed by atoms with Crippen molar-refractivity contribution < 1.29 is 14.4 Å². The minimum Gasteiger partial charge on any atom is -0.303 e. The quantitative estimate of drug-likeness (QED) is 0.473. The number of aldehydes is 1. The van der Waals surface area contributed by atoms with Crippen molar-refractivity contribution in [3.05, 3.63) is 0 Å². The van der Waals surface area contributed by atoms with Crippen LogP contribution in [0, 0.1) is 0 Å². The normalized spacial score (nSPS) is 16.1. The molecule has 1 rings (SSSR count). The lowest BCUT2D eigenvalue weighted by molar-refractivity contribution is -0.148. The average Bonchev–Trinajstić information content (AvgIpc) is 1.95. The molecule has 0 N–H and O–H groups in total. The summed E-state index contributed by atoms with van der Waals surface area (Å²) in [4.78, 5) is 33.7. The van der Waals surface area contributed by atoms with Crippen molar-refractivity contribution in [2.75, 3.05) is 0 Å². The Hall–Kier alpha value is -1.19. The Morgan fingerprint density at radius 1 is 1.46 bits per heavy atom. The fraction of sp³-hybridized carbons (Fsp3) is 0.667. The van der Waals surface area contributed by atoms with Crippen LogP contribution in [0.25, 0.3) is 0 Å². The molecule has 0 atom stereocenters. The second-order valence-electron chi connectivity index (χ2n) is 3.24. The van der Waals surface area contributed by atoms with Gasteiger partial charge in [-0.3, -0.25) is 14.5 Å². The van der Waals surface area contributed by atoms with E-state index in [-0.39, 0.29) is 24.3 Å². The van der Waals surface area contributed by atoms with Gasteiger partial charge in [0.05, 0.1) is 6.42 Å². The third-order valence-electron chi connectivity index (χ3n) is 2.31. The predicted molar refractivity (Wildman–Crippen MR) is 45.8 cm³/mol. The summed E-state index contributed by atoms with van der Waals surface area (Å²) in [6.07, 6.45) is 3.17. The number of hydrogen-bond acceptors (Lipinski definition) is 3. The van der Waals surface area contributed by atoms with Gasteiger partial charge in [0, 0.05) is 13.0 Å². The maximum atomic E-state index is 11.3. The highest BCUT2D eigenvalue weighted by Crippen LogP contribution is 2.25. The number of carbonyl (C=O) groups excluding carboxylic acids is 3. The van der Waals surface area contributed by atoms with E-state index in [1.165, 1.54) is 11.8 Å². The fourth-order valence-corrected chi connectivity index (χ4v) is 1.45. The smallest absolute Gasteiger partial charge is 0.236 e. The minimum absolute atomic E-state index is 0.0462. The molecule has 0 saturated heterocycles. The standard InChI is InChI=1S/C9H13NO3/c1-7(12)10(8-3-2-4-8)9(13)5-6-11/h6,8H,2-5H2,1H3. The van der Waals surface area contributed by atoms with Crippen molar-refractivity contribution in [2.45, 2.75) is 38.6 Å². The zero-order chi connectivity index (χ0) is 9.84. The molecular weight excluding hydrogens is 170 g/mol. The highest BCUT2D eigenvalue weighted by atomic mass is 16.2. The van der Waals surface area contributed by atoms with E-state index in [0.717, 1.165) is 19.3 Å². The van der Waals surface area contributed by atoms with Gasteiger partial charge in [-0.1, -0.05) is 0 Å². The van der Waals surface area contributed by atoms with Crippen LogP contribution in [0.5, 0.6) is 0 Å². The summed E-state index contributed by atoms with van der Waals surface area (Å²) >= 11 is 0. The molecule has 1 aliphatic rings.